The maximum Gasteiger partial charge on any atom is 0.266 e. The van der Waals surface area contributed by atoms with E-state index in [2.05, 4.69) is 10.00 Å². The van der Waals surface area contributed by atoms with E-state index < -0.39 is 5.60 Å². The third kappa shape index (κ3) is 3.31. The molecule has 2 aliphatic rings. The fourth-order valence-corrected chi connectivity index (χ4v) is 4.57. The minimum atomic E-state index is -0.942. The molecule has 2 saturated heterocycles. The van der Waals surface area contributed by atoms with E-state index in [1.54, 1.807) is 12.1 Å². The van der Waals surface area contributed by atoms with Crippen LogP contribution in [0.1, 0.15) is 36.9 Å². The molecule has 2 bridgehead atoms. The lowest BCUT2D eigenvalue weighted by Crippen LogP contribution is -2.53. The number of aryl methyl sites for hydroxylation is 1. The lowest BCUT2D eigenvalue weighted by Gasteiger charge is -2.43. The molecular weight excluding hydrogens is 333 g/mol. The van der Waals surface area contributed by atoms with E-state index in [4.69, 9.17) is 0 Å². The predicted octanol–water partition coefficient (Wildman–Crippen LogP) is 2.25. The first-order chi connectivity index (χ1) is 12.4. The molecule has 1 aromatic carbocycles. The van der Waals surface area contributed by atoms with Gasteiger partial charge in [0, 0.05) is 30.3 Å². The van der Waals surface area contributed by atoms with Gasteiger partial charge < -0.3 is 5.11 Å². The topological polar surface area (TPSA) is 58.4 Å². The van der Waals surface area contributed by atoms with Gasteiger partial charge in [0.05, 0.1) is 17.8 Å². The van der Waals surface area contributed by atoms with Gasteiger partial charge in [0.15, 0.2) is 0 Å². The van der Waals surface area contributed by atoms with Crippen LogP contribution >= 0.6 is 0 Å². The van der Waals surface area contributed by atoms with Gasteiger partial charge in [-0.15, -0.1) is 0 Å². The van der Waals surface area contributed by atoms with Crippen LogP contribution in [0.3, 0.4) is 0 Å². The Balaban J connectivity index is 1.51. The van der Waals surface area contributed by atoms with Crippen molar-refractivity contribution in [2.24, 2.45) is 0 Å². The number of nitrogens with zero attached hydrogens (tertiary/aromatic N) is 3. The summed E-state index contributed by atoms with van der Waals surface area (Å²) < 4.78 is 15.4. The smallest absolute Gasteiger partial charge is 0.266 e. The van der Waals surface area contributed by atoms with E-state index in [1.807, 2.05) is 19.1 Å². The van der Waals surface area contributed by atoms with Crippen LogP contribution in [0.5, 0.6) is 0 Å². The molecule has 5 nitrogen and oxygen atoms in total. The summed E-state index contributed by atoms with van der Waals surface area (Å²) in [6.07, 6.45) is 3.16. The first-order valence-electron chi connectivity index (χ1n) is 9.20. The van der Waals surface area contributed by atoms with E-state index in [9.17, 15) is 14.3 Å². The third-order valence-corrected chi connectivity index (χ3v) is 5.76. The Labute approximate surface area is 152 Å². The molecule has 4 rings (SSSR count). The lowest BCUT2D eigenvalue weighted by molar-refractivity contribution is -0.0679. The van der Waals surface area contributed by atoms with Crippen molar-refractivity contribution < 1.29 is 9.50 Å². The predicted molar refractivity (Wildman–Crippen MR) is 96.2 cm³/mol. The van der Waals surface area contributed by atoms with E-state index in [-0.39, 0.29) is 30.0 Å². The Morgan fingerprint density at radius 3 is 2.58 bits per heavy atom. The molecule has 0 spiro atoms. The first-order valence-corrected chi connectivity index (χ1v) is 9.20. The quantitative estimate of drug-likeness (QED) is 0.912. The van der Waals surface area contributed by atoms with Crippen molar-refractivity contribution in [2.45, 2.75) is 63.4 Å². The molecule has 26 heavy (non-hydrogen) atoms. The first kappa shape index (κ1) is 17.4. The van der Waals surface area contributed by atoms with Crippen molar-refractivity contribution in [1.82, 2.24) is 14.7 Å². The highest BCUT2D eigenvalue weighted by atomic mass is 19.1. The number of benzene rings is 1. The van der Waals surface area contributed by atoms with E-state index >= 15 is 0 Å². The van der Waals surface area contributed by atoms with Gasteiger partial charge in [-0.3, -0.25) is 9.69 Å². The summed E-state index contributed by atoms with van der Waals surface area (Å²) in [6, 6.07) is 10.5. The summed E-state index contributed by atoms with van der Waals surface area (Å²) >= 11 is 0. The average molecular weight is 357 g/mol. The van der Waals surface area contributed by atoms with Gasteiger partial charge in [-0.1, -0.05) is 18.2 Å². The van der Waals surface area contributed by atoms with Gasteiger partial charge in [0.2, 0.25) is 0 Å². The number of halogens is 1. The normalized spacial score (nSPS) is 28.4. The summed E-state index contributed by atoms with van der Waals surface area (Å²) in [5.74, 6) is -0.178. The van der Waals surface area contributed by atoms with Crippen LogP contribution in [0.4, 0.5) is 4.39 Å². The van der Waals surface area contributed by atoms with E-state index in [0.29, 0.717) is 24.9 Å². The lowest BCUT2D eigenvalue weighted by atomic mass is 9.85. The SMILES string of the molecule is Cc1ccc(=O)n(CC2(O)C[C@@H]3CC[C@@H](C2)N3Cc2ccccc2F)n1. The fourth-order valence-electron chi connectivity index (χ4n) is 4.57. The second-order valence-corrected chi connectivity index (χ2v) is 7.75. The largest absolute Gasteiger partial charge is 0.388 e. The highest BCUT2D eigenvalue weighted by Crippen LogP contribution is 2.42. The number of aliphatic hydroxyl groups is 1. The molecule has 0 radical (unpaired) electrons. The number of aromatic nitrogens is 2. The van der Waals surface area contributed by atoms with Gasteiger partial charge in [-0.25, -0.2) is 9.07 Å². The van der Waals surface area contributed by atoms with Crippen molar-refractivity contribution in [3.8, 4) is 0 Å². The van der Waals surface area contributed by atoms with Crippen LogP contribution in [-0.2, 0) is 13.1 Å². The molecule has 138 valence electrons. The number of hydrogen-bond acceptors (Lipinski definition) is 4. The zero-order valence-electron chi connectivity index (χ0n) is 14.9. The zero-order chi connectivity index (χ0) is 18.3. The van der Waals surface area contributed by atoms with E-state index in [0.717, 1.165) is 18.5 Å². The van der Waals surface area contributed by atoms with Crippen LogP contribution in [0.2, 0.25) is 0 Å². The third-order valence-electron chi connectivity index (χ3n) is 5.76. The van der Waals surface area contributed by atoms with Crippen molar-refractivity contribution in [3.63, 3.8) is 0 Å². The minimum absolute atomic E-state index is 0.178. The second kappa shape index (κ2) is 6.59. The van der Waals surface area contributed by atoms with Gasteiger partial charge >= 0.3 is 0 Å². The minimum Gasteiger partial charge on any atom is -0.388 e. The van der Waals surface area contributed by atoms with Crippen LogP contribution in [0.15, 0.2) is 41.2 Å². The van der Waals surface area contributed by atoms with Crippen molar-refractivity contribution in [1.29, 1.82) is 0 Å². The van der Waals surface area contributed by atoms with Gasteiger partial charge in [0.1, 0.15) is 5.82 Å². The summed E-state index contributed by atoms with van der Waals surface area (Å²) in [4.78, 5) is 14.4. The van der Waals surface area contributed by atoms with Gasteiger partial charge in [-0.2, -0.15) is 5.10 Å². The molecule has 2 fully saturated rings. The summed E-state index contributed by atoms with van der Waals surface area (Å²) in [5.41, 5.74) is 0.326. The summed E-state index contributed by atoms with van der Waals surface area (Å²) in [5, 5.41) is 15.4. The number of rotatable bonds is 4. The monoisotopic (exact) mass is 357 g/mol. The van der Waals surface area contributed by atoms with Crippen LogP contribution in [0.25, 0.3) is 0 Å². The maximum atomic E-state index is 14.0. The highest BCUT2D eigenvalue weighted by Gasteiger charge is 2.47. The number of piperidine rings is 1. The molecular formula is C20H24FN3O2. The molecule has 0 unspecified atom stereocenters. The molecule has 6 heteroatoms. The van der Waals surface area contributed by atoms with Crippen molar-refractivity contribution in [2.75, 3.05) is 0 Å². The van der Waals surface area contributed by atoms with Gasteiger partial charge in [-0.05, 0) is 44.7 Å². The molecule has 0 aliphatic carbocycles. The molecule has 0 amide bonds. The Morgan fingerprint density at radius 2 is 1.88 bits per heavy atom. The Morgan fingerprint density at radius 1 is 1.19 bits per heavy atom. The molecule has 1 aromatic heterocycles. The molecule has 1 N–H and O–H groups in total. The Kier molecular flexibility index (Phi) is 4.40. The fraction of sp³-hybridized carbons (Fsp3) is 0.500. The molecule has 2 aromatic rings. The Bertz CT molecular complexity index is 852. The van der Waals surface area contributed by atoms with Gasteiger partial charge in [0.25, 0.3) is 5.56 Å². The zero-order valence-corrected chi connectivity index (χ0v) is 14.9. The molecule has 2 aliphatic heterocycles. The number of fused-ring (bicyclic) bond motifs is 2. The van der Waals surface area contributed by atoms with E-state index in [1.165, 1.54) is 16.8 Å². The van der Waals surface area contributed by atoms with Crippen molar-refractivity contribution >= 4 is 0 Å². The number of hydrogen-bond donors (Lipinski definition) is 1. The summed E-state index contributed by atoms with van der Waals surface area (Å²) in [7, 11) is 0. The standard InChI is InChI=1S/C20H24FN3O2/c1-14-6-9-19(25)24(22-14)13-20(26)10-16-7-8-17(11-20)23(16)12-15-4-2-3-5-18(15)21/h2-6,9,16-17,26H,7-8,10-13H2,1H3/t16-,17-/m0/s1. The molecule has 0 saturated carbocycles. The highest BCUT2D eigenvalue weighted by molar-refractivity contribution is 5.18. The Hall–Kier alpha value is -2.05. The average Bonchev–Trinajstić information content (AvgIpc) is 2.84. The maximum absolute atomic E-state index is 14.0. The molecule has 2 atom stereocenters. The summed E-state index contributed by atoms with van der Waals surface area (Å²) in [6.45, 7) is 2.62. The molecule has 3 heterocycles. The van der Waals surface area contributed by atoms with Crippen LogP contribution < -0.4 is 5.56 Å². The second-order valence-electron chi connectivity index (χ2n) is 7.75. The van der Waals surface area contributed by atoms with Crippen molar-refractivity contribution in [3.05, 3.63) is 63.8 Å². The van der Waals surface area contributed by atoms with Crippen LogP contribution in [-0.4, -0.2) is 37.5 Å². The van der Waals surface area contributed by atoms with Crippen LogP contribution in [0, 0.1) is 12.7 Å².